The van der Waals surface area contributed by atoms with Gasteiger partial charge in [-0.05, 0) is 6.07 Å². The summed E-state index contributed by atoms with van der Waals surface area (Å²) < 4.78 is 1.69. The van der Waals surface area contributed by atoms with Crippen LogP contribution in [0.5, 0.6) is 0 Å². The summed E-state index contributed by atoms with van der Waals surface area (Å²) in [5, 5.41) is 26.8. The fraction of sp³-hybridized carbons (Fsp3) is 0.625. The predicted molar refractivity (Wildman–Crippen MR) is 88.5 cm³/mol. The zero-order valence-electron chi connectivity index (χ0n) is 15.6. The van der Waals surface area contributed by atoms with Crippen molar-refractivity contribution in [3.63, 3.8) is 0 Å². The number of halogens is 1. The van der Waals surface area contributed by atoms with Gasteiger partial charge in [-0.1, -0.05) is 6.07 Å². The summed E-state index contributed by atoms with van der Waals surface area (Å²) in [6.07, 6.45) is 2.75. The van der Waals surface area contributed by atoms with E-state index in [1.54, 1.807) is 6.07 Å². The molecule has 0 unspecified atom stereocenters. The number of aliphatic hydroxyl groups is 2. The Labute approximate surface area is 156 Å². The van der Waals surface area contributed by atoms with Crippen molar-refractivity contribution in [2.24, 2.45) is 0 Å². The molecule has 7 nitrogen and oxygen atoms in total. The number of aromatic nitrogens is 1. The lowest BCUT2D eigenvalue weighted by Gasteiger charge is -2.21. The number of carbonyl (C=O) groups is 1. The Morgan fingerprint density at radius 1 is 1.04 bits per heavy atom. The molecule has 142 valence electrons. The van der Waals surface area contributed by atoms with Crippen LogP contribution < -0.4 is 22.1 Å². The molecule has 1 aromatic heterocycles. The van der Waals surface area contributed by atoms with E-state index in [-0.39, 0.29) is 35.8 Å². The van der Waals surface area contributed by atoms with Crippen molar-refractivity contribution in [1.82, 2.24) is 4.98 Å². The summed E-state index contributed by atoms with van der Waals surface area (Å²) >= 11 is 0. The van der Waals surface area contributed by atoms with Gasteiger partial charge in [0.2, 0.25) is 0 Å². The third-order valence-corrected chi connectivity index (χ3v) is 2.44. The van der Waals surface area contributed by atoms with E-state index in [4.69, 9.17) is 10.2 Å². The molecule has 0 fully saturated rings. The molecule has 0 spiro atoms. The van der Waals surface area contributed by atoms with Crippen molar-refractivity contribution in [3.05, 3.63) is 30.1 Å². The van der Waals surface area contributed by atoms with E-state index in [0.717, 1.165) is 22.1 Å². The fourth-order valence-electron chi connectivity index (χ4n) is 1.08. The summed E-state index contributed by atoms with van der Waals surface area (Å²) in [4.78, 5) is 13.6. The number of carbonyl (C=O) groups excluding carboxylic acids is 1. The normalized spacial score (nSPS) is 10.3. The van der Waals surface area contributed by atoms with Crippen LogP contribution in [0.15, 0.2) is 24.5 Å². The predicted octanol–water partition coefficient (Wildman–Crippen LogP) is -4.18. The van der Waals surface area contributed by atoms with Crippen LogP contribution >= 0.6 is 0 Å². The number of quaternary nitrogens is 2. The summed E-state index contributed by atoms with van der Waals surface area (Å²) in [7, 11) is 12.3. The molecule has 0 atom stereocenters. The molecule has 1 aromatic rings. The minimum absolute atomic E-state index is 0. The second-order valence-electron chi connectivity index (χ2n) is 7.00. The number of pyridine rings is 1. The first-order valence-corrected chi connectivity index (χ1v) is 7.37. The van der Waals surface area contributed by atoms with Gasteiger partial charge in [-0.2, -0.15) is 0 Å². The Bertz CT molecular complexity index is 402. The van der Waals surface area contributed by atoms with Gasteiger partial charge in [-0.15, -0.1) is 0 Å². The van der Waals surface area contributed by atoms with E-state index in [2.05, 4.69) is 47.3 Å². The maximum absolute atomic E-state index is 10.0. The molecule has 0 saturated carbocycles. The molecule has 1 heterocycles. The number of nitrogens with zero attached hydrogens (tertiary/aromatic N) is 3. The van der Waals surface area contributed by atoms with E-state index >= 15 is 0 Å². The van der Waals surface area contributed by atoms with Gasteiger partial charge in [0.15, 0.2) is 0 Å². The van der Waals surface area contributed by atoms with Gasteiger partial charge in [-0.3, -0.25) is 4.98 Å². The molecule has 24 heavy (non-hydrogen) atoms. The monoisotopic (exact) mass is 409 g/mol. The van der Waals surface area contributed by atoms with Crippen LogP contribution in [0.1, 0.15) is 10.4 Å². The number of rotatable bonds is 5. The average molecular weight is 410 g/mol. The van der Waals surface area contributed by atoms with Crippen molar-refractivity contribution in [2.75, 3.05) is 68.6 Å². The Hall–Kier alpha value is -1.06. The van der Waals surface area contributed by atoms with Gasteiger partial charge < -0.3 is 46.1 Å². The first-order chi connectivity index (χ1) is 10.4. The van der Waals surface area contributed by atoms with Crippen LogP contribution in [0.25, 0.3) is 0 Å². The molecule has 0 saturated heterocycles. The number of hydrogen-bond donors (Lipinski definition) is 2. The quantitative estimate of drug-likeness (QED) is 0.481. The van der Waals surface area contributed by atoms with Crippen LogP contribution in [-0.2, 0) is 0 Å². The zero-order valence-corrected chi connectivity index (χ0v) is 17.2. The van der Waals surface area contributed by atoms with E-state index in [1.165, 1.54) is 18.5 Å². The average Bonchev–Trinajstić information content (AvgIpc) is 2.38. The third-order valence-electron chi connectivity index (χ3n) is 2.44. The standard InChI is InChI=1S/C6H5NO2.2C5H14NO.BrH/c8-6(9)5-2-1-3-7-4-5;2*1-6(2,3)4-5-7;/h1-4H,(H,8,9);2*7H,4-5H2,1-3H3;1H/q;2*+1;/p-2. The van der Waals surface area contributed by atoms with Crippen LogP contribution in [0.3, 0.4) is 0 Å². The topological polar surface area (TPSA) is 93.5 Å². The van der Waals surface area contributed by atoms with Gasteiger partial charge >= 0.3 is 0 Å². The van der Waals surface area contributed by atoms with Crippen molar-refractivity contribution in [3.8, 4) is 0 Å². The Kier molecular flexibility index (Phi) is 16.5. The Balaban J connectivity index is -0.000000274. The fourth-order valence-corrected chi connectivity index (χ4v) is 1.08. The number of likely N-dealkylation sites (N-methyl/N-ethyl adjacent to an activating group) is 2. The molecule has 0 aromatic carbocycles. The third kappa shape index (κ3) is 23.2. The maximum atomic E-state index is 10.0. The second-order valence-corrected chi connectivity index (χ2v) is 7.00. The van der Waals surface area contributed by atoms with E-state index in [0.29, 0.717) is 0 Å². The number of aliphatic hydroxyl groups excluding tert-OH is 2. The van der Waals surface area contributed by atoms with Gasteiger partial charge in [-0.25, -0.2) is 0 Å². The van der Waals surface area contributed by atoms with Crippen LogP contribution in [-0.4, -0.2) is 98.7 Å². The highest BCUT2D eigenvalue weighted by atomic mass is 79.9. The van der Waals surface area contributed by atoms with Crippen molar-refractivity contribution in [2.45, 2.75) is 0 Å². The number of carboxylic acids is 1. The lowest BCUT2D eigenvalue weighted by Crippen LogP contribution is -3.00. The SMILES string of the molecule is C[N+](C)(C)CCO.C[N+](C)(C)CCO.O=C([O-])c1cccnc1.[Br-]. The molecule has 0 aliphatic rings. The van der Waals surface area contributed by atoms with E-state index < -0.39 is 5.97 Å². The second kappa shape index (κ2) is 14.3. The number of carboxylic acid groups (broad SMARTS) is 1. The minimum atomic E-state index is -1.19. The highest BCUT2D eigenvalue weighted by molar-refractivity contribution is 5.85. The maximum Gasteiger partial charge on any atom is 0.101 e. The van der Waals surface area contributed by atoms with Crippen LogP contribution in [0.2, 0.25) is 0 Å². The van der Waals surface area contributed by atoms with Gasteiger partial charge in [0.25, 0.3) is 0 Å². The van der Waals surface area contributed by atoms with Crippen LogP contribution in [0, 0.1) is 0 Å². The number of hydrogen-bond acceptors (Lipinski definition) is 5. The van der Waals surface area contributed by atoms with Crippen molar-refractivity contribution >= 4 is 5.97 Å². The van der Waals surface area contributed by atoms with Crippen molar-refractivity contribution < 1.29 is 46.1 Å². The summed E-state index contributed by atoms with van der Waals surface area (Å²) in [5.74, 6) is -1.19. The molecule has 2 N–H and O–H groups in total. The number of aromatic carboxylic acids is 1. The smallest absolute Gasteiger partial charge is 0.101 e. The molecule has 0 amide bonds. The van der Waals surface area contributed by atoms with E-state index in [9.17, 15) is 9.90 Å². The largest absolute Gasteiger partial charge is 1.00 e. The van der Waals surface area contributed by atoms with Gasteiger partial charge in [0.05, 0.1) is 61.5 Å². The lowest BCUT2D eigenvalue weighted by molar-refractivity contribution is -0.870. The lowest BCUT2D eigenvalue weighted by atomic mass is 10.3. The molecule has 0 bridgehead atoms. The molecule has 0 aliphatic carbocycles. The highest BCUT2D eigenvalue weighted by Crippen LogP contribution is 1.91. The van der Waals surface area contributed by atoms with Gasteiger partial charge in [0.1, 0.15) is 13.1 Å². The highest BCUT2D eigenvalue weighted by Gasteiger charge is 2.02. The molecule has 1 rings (SSSR count). The van der Waals surface area contributed by atoms with E-state index in [1.807, 2.05) is 0 Å². The summed E-state index contributed by atoms with van der Waals surface area (Å²) in [5.41, 5.74) is 0.109. The van der Waals surface area contributed by atoms with Gasteiger partial charge in [0, 0.05) is 18.0 Å². The van der Waals surface area contributed by atoms with Crippen LogP contribution in [0.4, 0.5) is 0 Å². The molecule has 0 radical (unpaired) electrons. The Morgan fingerprint density at radius 3 is 1.58 bits per heavy atom. The first kappa shape index (κ1) is 27.8. The minimum Gasteiger partial charge on any atom is -1.00 e. The molecule has 0 aliphatic heterocycles. The molecule has 8 heteroatoms. The molecular weight excluding hydrogens is 378 g/mol. The Morgan fingerprint density at radius 2 is 1.46 bits per heavy atom. The summed E-state index contributed by atoms with van der Waals surface area (Å²) in [6.45, 7) is 2.23. The first-order valence-electron chi connectivity index (χ1n) is 7.37. The zero-order chi connectivity index (χ0) is 18.5. The summed E-state index contributed by atoms with van der Waals surface area (Å²) in [6, 6.07) is 2.98. The molecular formula is C16H32BrN3O4. The van der Waals surface area contributed by atoms with Crippen molar-refractivity contribution in [1.29, 1.82) is 0 Å².